The number of hydrogen-bond donors (Lipinski definition) is 2. The molecule has 0 bridgehead atoms. The highest BCUT2D eigenvalue weighted by atomic mass is 16.5. The van der Waals surface area contributed by atoms with Crippen molar-refractivity contribution in [3.8, 4) is 5.75 Å². The predicted octanol–water partition coefficient (Wildman–Crippen LogP) is 3.79. The fourth-order valence-corrected chi connectivity index (χ4v) is 1.78. The van der Waals surface area contributed by atoms with Crippen molar-refractivity contribution < 1.29 is 14.3 Å². The van der Waals surface area contributed by atoms with Crippen molar-refractivity contribution in [3.63, 3.8) is 0 Å². The summed E-state index contributed by atoms with van der Waals surface area (Å²) >= 11 is 0. The van der Waals surface area contributed by atoms with Gasteiger partial charge in [0.25, 0.3) is 0 Å². The smallest absolute Gasteiger partial charge is 0.412 e. The van der Waals surface area contributed by atoms with E-state index in [0.717, 1.165) is 17.1 Å². The molecule has 6 nitrogen and oxygen atoms in total. The number of carbonyl (C=O) groups excluding carboxylic acids is 1. The number of rotatable bonds is 5. The Morgan fingerprint density at radius 1 is 1.18 bits per heavy atom. The molecule has 0 spiro atoms. The topological polar surface area (TPSA) is 72.5 Å². The Kier molecular flexibility index (Phi) is 5.19. The fraction of sp³-hybridized carbons (Fsp3) is 0.250. The van der Waals surface area contributed by atoms with E-state index in [1.54, 1.807) is 12.3 Å². The molecule has 2 rings (SSSR count). The first kappa shape index (κ1) is 15.6. The lowest BCUT2D eigenvalue weighted by molar-refractivity contribution is 0.187. The SMILES string of the molecule is COC(=O)Nc1ccc(Nc2ccccc2OC(C)C)cn1. The zero-order chi connectivity index (χ0) is 15.9. The first-order chi connectivity index (χ1) is 10.6. The lowest BCUT2D eigenvalue weighted by atomic mass is 10.2. The zero-order valence-corrected chi connectivity index (χ0v) is 12.8. The van der Waals surface area contributed by atoms with Crippen molar-refractivity contribution in [1.82, 2.24) is 4.98 Å². The van der Waals surface area contributed by atoms with E-state index < -0.39 is 6.09 Å². The maximum atomic E-state index is 11.1. The van der Waals surface area contributed by atoms with Gasteiger partial charge >= 0.3 is 6.09 Å². The summed E-state index contributed by atoms with van der Waals surface area (Å²) in [6.07, 6.45) is 1.16. The van der Waals surface area contributed by atoms with E-state index >= 15 is 0 Å². The van der Waals surface area contributed by atoms with Gasteiger partial charge in [-0.1, -0.05) is 12.1 Å². The molecule has 1 amide bonds. The minimum atomic E-state index is -0.552. The molecule has 6 heteroatoms. The van der Waals surface area contributed by atoms with Gasteiger partial charge in [-0.2, -0.15) is 0 Å². The molecule has 0 aliphatic heterocycles. The van der Waals surface area contributed by atoms with Gasteiger partial charge in [-0.3, -0.25) is 5.32 Å². The third-order valence-corrected chi connectivity index (χ3v) is 2.71. The van der Waals surface area contributed by atoms with Crippen LogP contribution in [0.1, 0.15) is 13.8 Å². The standard InChI is InChI=1S/C16H19N3O3/c1-11(2)22-14-7-5-4-6-13(14)18-12-8-9-15(17-10-12)19-16(20)21-3/h4-11,18H,1-3H3,(H,17,19,20). The van der Waals surface area contributed by atoms with Gasteiger partial charge < -0.3 is 14.8 Å². The van der Waals surface area contributed by atoms with Gasteiger partial charge in [0, 0.05) is 0 Å². The van der Waals surface area contributed by atoms with Crippen molar-refractivity contribution in [3.05, 3.63) is 42.6 Å². The monoisotopic (exact) mass is 301 g/mol. The maximum absolute atomic E-state index is 11.1. The van der Waals surface area contributed by atoms with Crippen LogP contribution in [0.2, 0.25) is 0 Å². The zero-order valence-electron chi connectivity index (χ0n) is 12.8. The van der Waals surface area contributed by atoms with E-state index in [0.29, 0.717) is 5.82 Å². The third-order valence-electron chi connectivity index (χ3n) is 2.71. The second-order valence-corrected chi connectivity index (χ2v) is 4.84. The summed E-state index contributed by atoms with van der Waals surface area (Å²) in [7, 11) is 1.30. The highest BCUT2D eigenvalue weighted by molar-refractivity contribution is 5.83. The molecule has 22 heavy (non-hydrogen) atoms. The molecule has 2 N–H and O–H groups in total. The summed E-state index contributed by atoms with van der Waals surface area (Å²) in [5.74, 6) is 1.19. The highest BCUT2D eigenvalue weighted by Crippen LogP contribution is 2.28. The molecule has 1 aromatic heterocycles. The molecule has 0 radical (unpaired) electrons. The number of methoxy groups -OCH3 is 1. The van der Waals surface area contributed by atoms with E-state index in [9.17, 15) is 4.79 Å². The summed E-state index contributed by atoms with van der Waals surface area (Å²) in [5.41, 5.74) is 1.64. The highest BCUT2D eigenvalue weighted by Gasteiger charge is 2.06. The Balaban J connectivity index is 2.09. The van der Waals surface area contributed by atoms with Crippen LogP contribution >= 0.6 is 0 Å². The van der Waals surface area contributed by atoms with Crippen LogP contribution in [0.15, 0.2) is 42.6 Å². The molecule has 0 unspecified atom stereocenters. The number of nitrogens with zero attached hydrogens (tertiary/aromatic N) is 1. The van der Waals surface area contributed by atoms with Crippen LogP contribution in [-0.2, 0) is 4.74 Å². The summed E-state index contributed by atoms with van der Waals surface area (Å²) < 4.78 is 10.3. The maximum Gasteiger partial charge on any atom is 0.412 e. The van der Waals surface area contributed by atoms with Crippen LogP contribution in [0.3, 0.4) is 0 Å². The minimum absolute atomic E-state index is 0.0905. The van der Waals surface area contributed by atoms with Crippen molar-refractivity contribution in [1.29, 1.82) is 0 Å². The van der Waals surface area contributed by atoms with E-state index in [-0.39, 0.29) is 6.10 Å². The predicted molar refractivity (Wildman–Crippen MR) is 85.8 cm³/mol. The van der Waals surface area contributed by atoms with Crippen LogP contribution in [0.4, 0.5) is 22.0 Å². The number of para-hydroxylation sites is 2. The number of pyridine rings is 1. The Bertz CT molecular complexity index is 627. The number of nitrogens with one attached hydrogen (secondary N) is 2. The van der Waals surface area contributed by atoms with Crippen molar-refractivity contribution in [2.24, 2.45) is 0 Å². The Labute approximate surface area is 129 Å². The number of carbonyl (C=O) groups is 1. The molecule has 0 atom stereocenters. The van der Waals surface area contributed by atoms with Crippen LogP contribution in [0, 0.1) is 0 Å². The second-order valence-electron chi connectivity index (χ2n) is 4.84. The number of aromatic nitrogens is 1. The normalized spacial score (nSPS) is 10.2. The van der Waals surface area contributed by atoms with E-state index in [1.165, 1.54) is 7.11 Å². The Hall–Kier alpha value is -2.76. The lowest BCUT2D eigenvalue weighted by Gasteiger charge is -2.15. The summed E-state index contributed by atoms with van der Waals surface area (Å²) in [4.78, 5) is 15.2. The Morgan fingerprint density at radius 3 is 2.59 bits per heavy atom. The van der Waals surface area contributed by atoms with E-state index in [2.05, 4.69) is 20.4 Å². The number of anilines is 3. The van der Waals surface area contributed by atoms with Crippen LogP contribution < -0.4 is 15.4 Å². The number of hydrogen-bond acceptors (Lipinski definition) is 5. The first-order valence-electron chi connectivity index (χ1n) is 6.92. The summed E-state index contributed by atoms with van der Waals surface area (Å²) in [6, 6.07) is 11.2. The largest absolute Gasteiger partial charge is 0.489 e. The fourth-order valence-electron chi connectivity index (χ4n) is 1.78. The van der Waals surface area contributed by atoms with Crippen molar-refractivity contribution in [2.75, 3.05) is 17.7 Å². The van der Waals surface area contributed by atoms with E-state index in [4.69, 9.17) is 4.74 Å². The van der Waals surface area contributed by atoms with Gasteiger partial charge in [-0.05, 0) is 38.1 Å². The molecule has 0 aliphatic carbocycles. The van der Waals surface area contributed by atoms with Gasteiger partial charge in [0.05, 0.1) is 30.8 Å². The van der Waals surface area contributed by atoms with Crippen LogP contribution in [0.25, 0.3) is 0 Å². The van der Waals surface area contributed by atoms with Crippen LogP contribution in [0.5, 0.6) is 5.75 Å². The quantitative estimate of drug-likeness (QED) is 0.879. The number of ether oxygens (including phenoxy) is 2. The molecule has 116 valence electrons. The summed E-state index contributed by atoms with van der Waals surface area (Å²) in [5, 5.41) is 5.74. The average molecular weight is 301 g/mol. The third kappa shape index (κ3) is 4.37. The Morgan fingerprint density at radius 2 is 1.95 bits per heavy atom. The second kappa shape index (κ2) is 7.31. The number of benzene rings is 1. The molecule has 1 heterocycles. The molecule has 0 saturated heterocycles. The molecular weight excluding hydrogens is 282 g/mol. The molecule has 1 aromatic carbocycles. The molecule has 0 aliphatic rings. The lowest BCUT2D eigenvalue weighted by Crippen LogP contribution is -2.12. The molecule has 0 saturated carbocycles. The molecule has 0 fully saturated rings. The average Bonchev–Trinajstić information content (AvgIpc) is 2.50. The van der Waals surface area contributed by atoms with Crippen LogP contribution in [-0.4, -0.2) is 24.3 Å². The van der Waals surface area contributed by atoms with E-state index in [1.807, 2.05) is 44.2 Å². The number of amides is 1. The van der Waals surface area contributed by atoms with Crippen molar-refractivity contribution in [2.45, 2.75) is 20.0 Å². The first-order valence-corrected chi connectivity index (χ1v) is 6.92. The van der Waals surface area contributed by atoms with Gasteiger partial charge in [-0.15, -0.1) is 0 Å². The van der Waals surface area contributed by atoms with Gasteiger partial charge in [0.15, 0.2) is 0 Å². The van der Waals surface area contributed by atoms with Crippen molar-refractivity contribution >= 4 is 23.3 Å². The van der Waals surface area contributed by atoms with Gasteiger partial charge in [-0.25, -0.2) is 9.78 Å². The molecular formula is C16H19N3O3. The minimum Gasteiger partial charge on any atom is -0.489 e. The summed E-state index contributed by atoms with van der Waals surface area (Å²) in [6.45, 7) is 3.96. The molecule has 2 aromatic rings. The van der Waals surface area contributed by atoms with Gasteiger partial charge in [0.1, 0.15) is 11.6 Å². The van der Waals surface area contributed by atoms with Gasteiger partial charge in [0.2, 0.25) is 0 Å².